The van der Waals surface area contributed by atoms with E-state index in [-0.39, 0.29) is 17.4 Å². The van der Waals surface area contributed by atoms with Gasteiger partial charge in [-0.1, -0.05) is 12.1 Å². The molecule has 0 aliphatic carbocycles. The highest BCUT2D eigenvalue weighted by Gasteiger charge is 2.27. The number of nitrogens with one attached hydrogen (secondary N) is 2. The van der Waals surface area contributed by atoms with Crippen molar-refractivity contribution in [3.63, 3.8) is 0 Å². The quantitative estimate of drug-likeness (QED) is 0.825. The lowest BCUT2D eigenvalue weighted by Crippen LogP contribution is -2.43. The van der Waals surface area contributed by atoms with Gasteiger partial charge in [-0.3, -0.25) is 19.1 Å². The molecule has 27 heavy (non-hydrogen) atoms. The zero-order chi connectivity index (χ0) is 19.4. The number of anilines is 2. The van der Waals surface area contributed by atoms with E-state index in [1.54, 1.807) is 0 Å². The molecule has 1 amide bonds. The smallest absolute Gasteiger partial charge is 0.329 e. The first-order chi connectivity index (χ1) is 13.0. The predicted octanol–water partition coefficient (Wildman–Crippen LogP) is 1.33. The summed E-state index contributed by atoms with van der Waals surface area (Å²) < 4.78 is 6.57. The molecular formula is C19H24N4O4. The van der Waals surface area contributed by atoms with Gasteiger partial charge < -0.3 is 15.0 Å². The SMILES string of the molecule is CCOc1ccccc1NC(=O)C1CCCN(c2cc(=O)n(C)c(=O)[nH]2)C1. The molecule has 1 fully saturated rings. The number of aromatic amines is 1. The van der Waals surface area contributed by atoms with Gasteiger partial charge in [0.1, 0.15) is 11.6 Å². The number of para-hydroxylation sites is 2. The zero-order valence-corrected chi connectivity index (χ0v) is 15.5. The minimum Gasteiger partial charge on any atom is -0.492 e. The van der Waals surface area contributed by atoms with E-state index in [0.717, 1.165) is 17.4 Å². The summed E-state index contributed by atoms with van der Waals surface area (Å²) in [7, 11) is 1.42. The first-order valence-corrected chi connectivity index (χ1v) is 9.07. The summed E-state index contributed by atoms with van der Waals surface area (Å²) in [6.45, 7) is 3.52. The maximum Gasteiger partial charge on any atom is 0.329 e. The molecule has 2 aromatic rings. The second-order valence-corrected chi connectivity index (χ2v) is 6.56. The van der Waals surface area contributed by atoms with Crippen LogP contribution in [0.1, 0.15) is 19.8 Å². The van der Waals surface area contributed by atoms with Crippen molar-refractivity contribution in [2.45, 2.75) is 19.8 Å². The Morgan fingerprint density at radius 2 is 2.11 bits per heavy atom. The molecule has 1 aliphatic heterocycles. The van der Waals surface area contributed by atoms with Gasteiger partial charge in [-0.15, -0.1) is 0 Å². The van der Waals surface area contributed by atoms with Crippen LogP contribution < -0.4 is 26.2 Å². The van der Waals surface area contributed by atoms with Gasteiger partial charge in [0.2, 0.25) is 5.91 Å². The number of piperidine rings is 1. The molecule has 8 heteroatoms. The number of hydrogen-bond donors (Lipinski definition) is 2. The first kappa shape index (κ1) is 18.8. The molecule has 0 bridgehead atoms. The van der Waals surface area contributed by atoms with E-state index in [1.807, 2.05) is 36.1 Å². The number of H-pyrrole nitrogens is 1. The number of rotatable bonds is 5. The number of ether oxygens (including phenoxy) is 1. The molecule has 1 aliphatic rings. The van der Waals surface area contributed by atoms with Gasteiger partial charge in [0.25, 0.3) is 5.56 Å². The number of amides is 1. The van der Waals surface area contributed by atoms with Crippen molar-refractivity contribution >= 4 is 17.4 Å². The normalized spacial score (nSPS) is 16.8. The lowest BCUT2D eigenvalue weighted by atomic mass is 9.97. The van der Waals surface area contributed by atoms with Gasteiger partial charge in [-0.2, -0.15) is 0 Å². The molecule has 144 valence electrons. The van der Waals surface area contributed by atoms with E-state index in [1.165, 1.54) is 13.1 Å². The van der Waals surface area contributed by atoms with Crippen molar-refractivity contribution in [3.8, 4) is 5.75 Å². The van der Waals surface area contributed by atoms with Crippen molar-refractivity contribution in [1.82, 2.24) is 9.55 Å². The topological polar surface area (TPSA) is 96.4 Å². The summed E-state index contributed by atoms with van der Waals surface area (Å²) in [4.78, 5) is 41.1. The largest absolute Gasteiger partial charge is 0.492 e. The number of carbonyl (C=O) groups is 1. The summed E-state index contributed by atoms with van der Waals surface area (Å²) in [6.07, 6.45) is 1.54. The minimum absolute atomic E-state index is 0.0990. The molecule has 8 nitrogen and oxygen atoms in total. The third-order valence-electron chi connectivity index (χ3n) is 4.71. The fourth-order valence-electron chi connectivity index (χ4n) is 3.21. The number of hydrogen-bond acceptors (Lipinski definition) is 5. The van der Waals surface area contributed by atoms with E-state index in [2.05, 4.69) is 10.3 Å². The first-order valence-electron chi connectivity index (χ1n) is 9.07. The van der Waals surface area contributed by atoms with Crippen molar-refractivity contribution in [2.75, 3.05) is 29.9 Å². The average molecular weight is 372 g/mol. The molecule has 2 N–H and O–H groups in total. The van der Waals surface area contributed by atoms with Crippen molar-refractivity contribution in [1.29, 1.82) is 0 Å². The standard InChI is InChI=1S/C19H24N4O4/c1-3-27-15-9-5-4-8-14(15)20-18(25)13-7-6-10-23(12-13)16-11-17(24)22(2)19(26)21-16/h4-5,8-9,11,13H,3,6-7,10,12H2,1-2H3,(H,20,25)(H,21,26). The summed E-state index contributed by atoms with van der Waals surface area (Å²) in [5.74, 6) is 0.742. The molecule has 1 saturated heterocycles. The van der Waals surface area contributed by atoms with Crippen LogP contribution in [0.3, 0.4) is 0 Å². The Hall–Kier alpha value is -3.03. The Morgan fingerprint density at radius 1 is 1.33 bits per heavy atom. The fraction of sp³-hybridized carbons (Fsp3) is 0.421. The third kappa shape index (κ3) is 4.21. The van der Waals surface area contributed by atoms with Crippen LogP contribution in [0.2, 0.25) is 0 Å². The van der Waals surface area contributed by atoms with E-state index in [0.29, 0.717) is 37.0 Å². The molecule has 1 aromatic carbocycles. The number of aromatic nitrogens is 2. The van der Waals surface area contributed by atoms with Gasteiger partial charge in [0.15, 0.2) is 0 Å². The predicted molar refractivity (Wildman–Crippen MR) is 103 cm³/mol. The maximum absolute atomic E-state index is 12.8. The molecule has 0 saturated carbocycles. The van der Waals surface area contributed by atoms with Crippen LogP contribution in [0.25, 0.3) is 0 Å². The Bertz CT molecular complexity index is 903. The van der Waals surface area contributed by atoms with Gasteiger partial charge in [-0.25, -0.2) is 4.79 Å². The van der Waals surface area contributed by atoms with Crippen molar-refractivity contribution in [2.24, 2.45) is 13.0 Å². The Kier molecular flexibility index (Phi) is 5.63. The lowest BCUT2D eigenvalue weighted by Gasteiger charge is -2.33. The average Bonchev–Trinajstić information content (AvgIpc) is 2.67. The minimum atomic E-state index is -0.463. The second-order valence-electron chi connectivity index (χ2n) is 6.56. The van der Waals surface area contributed by atoms with Crippen LogP contribution in [0.4, 0.5) is 11.5 Å². The number of carbonyl (C=O) groups excluding carboxylic acids is 1. The second kappa shape index (κ2) is 8.11. The molecule has 1 unspecified atom stereocenters. The van der Waals surface area contributed by atoms with Crippen LogP contribution in [0.5, 0.6) is 5.75 Å². The highest BCUT2D eigenvalue weighted by atomic mass is 16.5. The molecular weight excluding hydrogens is 348 g/mol. The van der Waals surface area contributed by atoms with Crippen LogP contribution in [-0.4, -0.2) is 35.2 Å². The number of benzene rings is 1. The van der Waals surface area contributed by atoms with E-state index < -0.39 is 5.69 Å². The summed E-state index contributed by atoms with van der Waals surface area (Å²) in [5.41, 5.74) is -0.191. The molecule has 0 radical (unpaired) electrons. The highest BCUT2D eigenvalue weighted by Crippen LogP contribution is 2.26. The highest BCUT2D eigenvalue weighted by molar-refractivity contribution is 5.94. The maximum atomic E-state index is 12.8. The Morgan fingerprint density at radius 3 is 2.85 bits per heavy atom. The van der Waals surface area contributed by atoms with Crippen molar-refractivity contribution < 1.29 is 9.53 Å². The van der Waals surface area contributed by atoms with Crippen LogP contribution in [0, 0.1) is 5.92 Å². The molecule has 1 atom stereocenters. The monoisotopic (exact) mass is 372 g/mol. The van der Waals surface area contributed by atoms with E-state index in [4.69, 9.17) is 4.74 Å². The molecule has 1 aromatic heterocycles. The summed E-state index contributed by atoms with van der Waals surface area (Å²) in [5, 5.41) is 2.94. The Labute approximate surface area is 156 Å². The third-order valence-corrected chi connectivity index (χ3v) is 4.71. The summed E-state index contributed by atoms with van der Waals surface area (Å²) >= 11 is 0. The van der Waals surface area contributed by atoms with Crippen molar-refractivity contribution in [3.05, 3.63) is 51.2 Å². The fourth-order valence-corrected chi connectivity index (χ4v) is 3.21. The molecule has 3 rings (SSSR count). The Balaban J connectivity index is 1.74. The zero-order valence-electron chi connectivity index (χ0n) is 15.5. The van der Waals surface area contributed by atoms with Gasteiger partial charge in [0, 0.05) is 26.2 Å². The van der Waals surface area contributed by atoms with Gasteiger partial charge in [-0.05, 0) is 31.9 Å². The molecule has 2 heterocycles. The van der Waals surface area contributed by atoms with Gasteiger partial charge >= 0.3 is 5.69 Å². The van der Waals surface area contributed by atoms with Gasteiger partial charge in [0.05, 0.1) is 18.2 Å². The van der Waals surface area contributed by atoms with Crippen LogP contribution in [0.15, 0.2) is 39.9 Å². The molecule has 0 spiro atoms. The lowest BCUT2D eigenvalue weighted by molar-refractivity contribution is -0.120. The van der Waals surface area contributed by atoms with Crippen LogP contribution >= 0.6 is 0 Å². The summed E-state index contributed by atoms with van der Waals surface area (Å²) in [6, 6.07) is 8.72. The number of nitrogens with zero attached hydrogens (tertiary/aromatic N) is 2. The van der Waals surface area contributed by atoms with E-state index >= 15 is 0 Å². The van der Waals surface area contributed by atoms with Crippen LogP contribution in [-0.2, 0) is 11.8 Å². The van der Waals surface area contributed by atoms with E-state index in [9.17, 15) is 14.4 Å².